The molecule has 31 heavy (non-hydrogen) atoms. The van der Waals surface area contributed by atoms with Gasteiger partial charge in [0.2, 0.25) is 17.8 Å². The van der Waals surface area contributed by atoms with Crippen LogP contribution in [0.5, 0.6) is 0 Å². The lowest BCUT2D eigenvalue weighted by Gasteiger charge is -2.24. The smallest absolute Gasteiger partial charge is 0.258 e. The molecule has 0 fully saturated rings. The molecule has 4 N–H and O–H groups in total. The summed E-state index contributed by atoms with van der Waals surface area (Å²) in [6, 6.07) is 11.5. The standard InChI is InChI=1S/C20H14Cl3N5O3/c21-9-4-6-10(7-5-9)24-20-27-17-15(19(31)28-20)11(8-14(29)26-17)18(30)25-13-3-1-2-12(22)16(13)23/h1-7,11H,8H2,(H,25,30)(H3,24,26,27,28,29,31)/t11-/m0/s1. The molecule has 0 radical (unpaired) electrons. The van der Waals surface area contributed by atoms with Crippen LogP contribution in [0.15, 0.2) is 47.3 Å². The molecule has 0 unspecified atom stereocenters. The first-order chi connectivity index (χ1) is 14.8. The highest BCUT2D eigenvalue weighted by atomic mass is 35.5. The van der Waals surface area contributed by atoms with Crippen LogP contribution in [-0.4, -0.2) is 21.8 Å². The summed E-state index contributed by atoms with van der Waals surface area (Å²) in [4.78, 5) is 44.7. The second kappa shape index (κ2) is 8.58. The molecule has 158 valence electrons. The number of aromatic amines is 1. The van der Waals surface area contributed by atoms with E-state index in [9.17, 15) is 14.4 Å². The van der Waals surface area contributed by atoms with E-state index < -0.39 is 23.3 Å². The van der Waals surface area contributed by atoms with Gasteiger partial charge in [0, 0.05) is 17.1 Å². The van der Waals surface area contributed by atoms with Crippen molar-refractivity contribution < 1.29 is 9.59 Å². The molecule has 1 atom stereocenters. The van der Waals surface area contributed by atoms with Crippen molar-refractivity contribution in [1.29, 1.82) is 0 Å². The van der Waals surface area contributed by atoms with Gasteiger partial charge in [0.1, 0.15) is 5.82 Å². The number of H-pyrrole nitrogens is 1. The highest BCUT2D eigenvalue weighted by Gasteiger charge is 2.35. The van der Waals surface area contributed by atoms with E-state index in [4.69, 9.17) is 34.8 Å². The Bertz CT molecular complexity index is 1240. The number of aromatic nitrogens is 2. The molecule has 0 aliphatic carbocycles. The second-order valence-corrected chi connectivity index (χ2v) is 7.93. The molecule has 2 heterocycles. The van der Waals surface area contributed by atoms with E-state index in [2.05, 4.69) is 25.9 Å². The van der Waals surface area contributed by atoms with E-state index in [0.29, 0.717) is 10.7 Å². The van der Waals surface area contributed by atoms with Crippen molar-refractivity contribution >= 4 is 69.8 Å². The summed E-state index contributed by atoms with van der Waals surface area (Å²) in [5, 5.41) is 9.07. The largest absolute Gasteiger partial charge is 0.326 e. The SMILES string of the molecule is O=C1C[C@H](C(=O)Nc2cccc(Cl)c2Cl)c2c(nc(Nc3ccc(Cl)cc3)[nH]c2=O)N1. The number of nitrogens with zero attached hydrogens (tertiary/aromatic N) is 1. The number of carbonyl (C=O) groups excluding carboxylic acids is 2. The number of benzene rings is 2. The van der Waals surface area contributed by atoms with Crippen molar-refractivity contribution in [3.05, 3.63) is 73.4 Å². The molecule has 0 bridgehead atoms. The van der Waals surface area contributed by atoms with Gasteiger partial charge in [-0.15, -0.1) is 0 Å². The van der Waals surface area contributed by atoms with Crippen molar-refractivity contribution in [2.75, 3.05) is 16.0 Å². The minimum atomic E-state index is -1.06. The van der Waals surface area contributed by atoms with E-state index in [0.717, 1.165) is 0 Å². The molecule has 0 saturated carbocycles. The van der Waals surface area contributed by atoms with Crippen molar-refractivity contribution in [3.8, 4) is 0 Å². The summed E-state index contributed by atoms with van der Waals surface area (Å²) in [5.41, 5.74) is 0.396. The van der Waals surface area contributed by atoms with Crippen molar-refractivity contribution in [2.24, 2.45) is 0 Å². The van der Waals surface area contributed by atoms with Crippen LogP contribution in [0.2, 0.25) is 15.1 Å². The number of halogens is 3. The maximum absolute atomic E-state index is 12.9. The number of rotatable bonds is 4. The molecular weight excluding hydrogens is 465 g/mol. The molecule has 0 spiro atoms. The number of hydrogen-bond acceptors (Lipinski definition) is 5. The van der Waals surface area contributed by atoms with Crippen LogP contribution in [0.25, 0.3) is 0 Å². The highest BCUT2D eigenvalue weighted by Crippen LogP contribution is 2.33. The van der Waals surface area contributed by atoms with Crippen LogP contribution < -0.4 is 21.5 Å². The Morgan fingerprint density at radius 3 is 2.55 bits per heavy atom. The average Bonchev–Trinajstić information content (AvgIpc) is 2.72. The molecule has 11 heteroatoms. The van der Waals surface area contributed by atoms with Crippen molar-refractivity contribution in [1.82, 2.24) is 9.97 Å². The third-order valence-electron chi connectivity index (χ3n) is 4.58. The third-order valence-corrected chi connectivity index (χ3v) is 5.65. The fraction of sp³-hybridized carbons (Fsp3) is 0.100. The van der Waals surface area contributed by atoms with Gasteiger partial charge in [-0.05, 0) is 36.4 Å². The first-order valence-electron chi connectivity index (χ1n) is 9.03. The molecular formula is C20H14Cl3N5O3. The molecule has 4 rings (SSSR count). The molecule has 1 aliphatic rings. The van der Waals surface area contributed by atoms with E-state index in [1.54, 1.807) is 42.5 Å². The Labute approximate surface area is 190 Å². The van der Waals surface area contributed by atoms with E-state index in [-0.39, 0.29) is 39.5 Å². The Kier molecular flexibility index (Phi) is 5.86. The van der Waals surface area contributed by atoms with E-state index in [1.807, 2.05) is 0 Å². The second-order valence-electron chi connectivity index (χ2n) is 6.70. The normalized spacial score (nSPS) is 15.1. The van der Waals surface area contributed by atoms with Crippen molar-refractivity contribution in [3.63, 3.8) is 0 Å². The number of carbonyl (C=O) groups is 2. The zero-order valence-electron chi connectivity index (χ0n) is 15.6. The summed E-state index contributed by atoms with van der Waals surface area (Å²) in [5.74, 6) is -1.97. The molecule has 2 aromatic carbocycles. The van der Waals surface area contributed by atoms with Crippen LogP contribution in [-0.2, 0) is 9.59 Å². The number of anilines is 4. The van der Waals surface area contributed by atoms with Gasteiger partial charge < -0.3 is 16.0 Å². The maximum Gasteiger partial charge on any atom is 0.258 e. The van der Waals surface area contributed by atoms with Gasteiger partial charge in [-0.25, -0.2) is 0 Å². The van der Waals surface area contributed by atoms with Gasteiger partial charge in [0.15, 0.2) is 0 Å². The van der Waals surface area contributed by atoms with Gasteiger partial charge in [0.25, 0.3) is 5.56 Å². The number of fused-ring (bicyclic) bond motifs is 1. The summed E-state index contributed by atoms with van der Waals surface area (Å²) >= 11 is 18.0. The highest BCUT2D eigenvalue weighted by molar-refractivity contribution is 6.44. The lowest BCUT2D eigenvalue weighted by molar-refractivity contribution is -0.123. The third kappa shape index (κ3) is 4.51. The molecule has 0 saturated heterocycles. The zero-order chi connectivity index (χ0) is 22.1. The molecule has 1 aromatic heterocycles. The number of hydrogen-bond donors (Lipinski definition) is 4. The average molecular weight is 479 g/mol. The summed E-state index contributed by atoms with van der Waals surface area (Å²) in [6.45, 7) is 0. The van der Waals surface area contributed by atoms with Crippen LogP contribution >= 0.6 is 34.8 Å². The molecule has 3 aromatic rings. The van der Waals surface area contributed by atoms with Gasteiger partial charge in [0.05, 0.1) is 27.2 Å². The maximum atomic E-state index is 12.9. The summed E-state index contributed by atoms with van der Waals surface area (Å²) < 4.78 is 0. The van der Waals surface area contributed by atoms with Gasteiger partial charge >= 0.3 is 0 Å². The summed E-state index contributed by atoms with van der Waals surface area (Å²) in [7, 11) is 0. The fourth-order valence-electron chi connectivity index (χ4n) is 3.14. The summed E-state index contributed by atoms with van der Waals surface area (Å²) in [6.07, 6.45) is -0.217. The monoisotopic (exact) mass is 477 g/mol. The minimum absolute atomic E-state index is 0.00815. The van der Waals surface area contributed by atoms with E-state index in [1.165, 1.54) is 0 Å². The number of nitrogens with one attached hydrogen (secondary N) is 4. The predicted octanol–water partition coefficient (Wildman–Crippen LogP) is 4.54. The van der Waals surface area contributed by atoms with Gasteiger partial charge in [-0.2, -0.15) is 4.98 Å². The minimum Gasteiger partial charge on any atom is -0.326 e. The Morgan fingerprint density at radius 1 is 1.06 bits per heavy atom. The Balaban J connectivity index is 1.65. The van der Waals surface area contributed by atoms with Gasteiger partial charge in [-0.1, -0.05) is 40.9 Å². The first kappa shape index (κ1) is 21.2. The van der Waals surface area contributed by atoms with Crippen molar-refractivity contribution in [2.45, 2.75) is 12.3 Å². The molecule has 2 amide bonds. The predicted molar refractivity (Wildman–Crippen MR) is 121 cm³/mol. The lowest BCUT2D eigenvalue weighted by atomic mass is 9.92. The number of amides is 2. The van der Waals surface area contributed by atoms with Gasteiger partial charge in [-0.3, -0.25) is 19.4 Å². The van der Waals surface area contributed by atoms with Crippen LogP contribution in [0.3, 0.4) is 0 Å². The van der Waals surface area contributed by atoms with E-state index >= 15 is 0 Å². The zero-order valence-corrected chi connectivity index (χ0v) is 17.9. The van der Waals surface area contributed by atoms with Crippen LogP contribution in [0.4, 0.5) is 23.1 Å². The quantitative estimate of drug-likeness (QED) is 0.439. The topological polar surface area (TPSA) is 116 Å². The van der Waals surface area contributed by atoms with Crippen LogP contribution in [0.1, 0.15) is 17.9 Å². The molecule has 1 aliphatic heterocycles. The molecule has 8 nitrogen and oxygen atoms in total. The first-order valence-corrected chi connectivity index (χ1v) is 10.2. The Hall–Kier alpha value is -3.07. The van der Waals surface area contributed by atoms with Crippen LogP contribution in [0, 0.1) is 0 Å². The lowest BCUT2D eigenvalue weighted by Crippen LogP contribution is -2.36. The Morgan fingerprint density at radius 2 is 1.81 bits per heavy atom. The fourth-order valence-corrected chi connectivity index (χ4v) is 3.62.